The Morgan fingerprint density at radius 3 is 2.74 bits per heavy atom. The molecule has 4 heteroatoms. The zero-order valence-electron chi connectivity index (χ0n) is 11.5. The SMILES string of the molecule is C=C1C(=O)O[C@H]2C[C@@H](C)C3[C@@H](O)C[C@@H](O)[C@@]3(C)C[C@H]12. The predicted molar refractivity (Wildman–Crippen MR) is 69.1 cm³/mol. The van der Waals surface area contributed by atoms with E-state index >= 15 is 0 Å². The fourth-order valence-electron chi connectivity index (χ4n) is 4.73. The highest BCUT2D eigenvalue weighted by atomic mass is 16.6. The van der Waals surface area contributed by atoms with E-state index in [2.05, 4.69) is 13.5 Å². The number of aliphatic hydroxyl groups is 2. The highest BCUT2D eigenvalue weighted by molar-refractivity contribution is 5.90. The fourth-order valence-corrected chi connectivity index (χ4v) is 4.73. The minimum atomic E-state index is -0.516. The van der Waals surface area contributed by atoms with Gasteiger partial charge < -0.3 is 14.9 Å². The number of hydrogen-bond acceptors (Lipinski definition) is 4. The smallest absolute Gasteiger partial charge is 0.334 e. The Bertz CT molecular complexity index is 432. The molecule has 1 saturated heterocycles. The van der Waals surface area contributed by atoms with Gasteiger partial charge >= 0.3 is 5.97 Å². The van der Waals surface area contributed by atoms with Crippen LogP contribution in [0.15, 0.2) is 12.2 Å². The Balaban J connectivity index is 1.98. The number of ether oxygens (including phenoxy) is 1. The van der Waals surface area contributed by atoms with E-state index in [4.69, 9.17) is 4.74 Å². The lowest BCUT2D eigenvalue weighted by molar-refractivity contribution is -0.139. The summed E-state index contributed by atoms with van der Waals surface area (Å²) in [7, 11) is 0. The summed E-state index contributed by atoms with van der Waals surface area (Å²) in [5.41, 5.74) is 0.183. The maximum absolute atomic E-state index is 11.7. The summed E-state index contributed by atoms with van der Waals surface area (Å²) in [6.07, 6.45) is 0.755. The van der Waals surface area contributed by atoms with Crippen molar-refractivity contribution in [2.45, 2.75) is 51.4 Å². The van der Waals surface area contributed by atoms with Gasteiger partial charge in [0.15, 0.2) is 0 Å². The standard InChI is InChI=1S/C15H22O4/c1-7-4-11-9(8(2)14(18)19-11)6-15(3)12(17)5-10(16)13(7)15/h7,9-13,16-17H,2,4-6H2,1,3H3/t7-,9-,10+,11+,12-,13?,15-/m1/s1. The molecule has 3 aliphatic rings. The van der Waals surface area contributed by atoms with Gasteiger partial charge in [-0.05, 0) is 30.1 Å². The molecule has 0 radical (unpaired) electrons. The molecule has 1 aliphatic heterocycles. The molecule has 106 valence electrons. The van der Waals surface area contributed by atoms with Crippen LogP contribution in [-0.4, -0.2) is 34.5 Å². The lowest BCUT2D eigenvalue weighted by Gasteiger charge is -2.37. The topological polar surface area (TPSA) is 66.8 Å². The zero-order chi connectivity index (χ0) is 13.9. The van der Waals surface area contributed by atoms with Crippen LogP contribution in [0.25, 0.3) is 0 Å². The molecule has 3 fully saturated rings. The van der Waals surface area contributed by atoms with Crippen molar-refractivity contribution in [2.24, 2.45) is 23.2 Å². The Morgan fingerprint density at radius 1 is 1.37 bits per heavy atom. The first-order valence-electron chi connectivity index (χ1n) is 7.10. The van der Waals surface area contributed by atoms with Gasteiger partial charge in [-0.2, -0.15) is 0 Å². The van der Waals surface area contributed by atoms with Crippen molar-refractivity contribution >= 4 is 5.97 Å². The van der Waals surface area contributed by atoms with Crippen LogP contribution in [0, 0.1) is 23.2 Å². The quantitative estimate of drug-likeness (QED) is 0.512. The fraction of sp³-hybridized carbons (Fsp3) is 0.800. The van der Waals surface area contributed by atoms with Crippen LogP contribution in [0.3, 0.4) is 0 Å². The zero-order valence-corrected chi connectivity index (χ0v) is 11.5. The molecule has 2 saturated carbocycles. The molecule has 3 rings (SSSR count). The Morgan fingerprint density at radius 2 is 2.05 bits per heavy atom. The van der Waals surface area contributed by atoms with E-state index in [-0.39, 0.29) is 35.2 Å². The summed E-state index contributed by atoms with van der Waals surface area (Å²) >= 11 is 0. The first kappa shape index (κ1) is 13.1. The van der Waals surface area contributed by atoms with E-state index in [1.165, 1.54) is 0 Å². The predicted octanol–water partition coefficient (Wildman–Crippen LogP) is 1.26. The van der Waals surface area contributed by atoms with Crippen molar-refractivity contribution in [3.05, 3.63) is 12.2 Å². The third-order valence-corrected chi connectivity index (χ3v) is 5.70. The molecule has 1 unspecified atom stereocenters. The van der Waals surface area contributed by atoms with E-state index < -0.39 is 12.2 Å². The van der Waals surface area contributed by atoms with Gasteiger partial charge in [0.25, 0.3) is 0 Å². The van der Waals surface area contributed by atoms with E-state index in [1.54, 1.807) is 0 Å². The normalized spacial score (nSPS) is 53.5. The van der Waals surface area contributed by atoms with E-state index in [0.717, 1.165) is 6.42 Å². The summed E-state index contributed by atoms with van der Waals surface area (Å²) < 4.78 is 5.41. The number of carbonyl (C=O) groups excluding carboxylic acids is 1. The number of aliphatic hydroxyl groups excluding tert-OH is 2. The van der Waals surface area contributed by atoms with Crippen molar-refractivity contribution in [1.29, 1.82) is 0 Å². The molecular formula is C15H22O4. The van der Waals surface area contributed by atoms with Gasteiger partial charge in [-0.3, -0.25) is 0 Å². The van der Waals surface area contributed by atoms with Crippen molar-refractivity contribution < 1.29 is 19.7 Å². The first-order chi connectivity index (χ1) is 8.84. The summed E-state index contributed by atoms with van der Waals surface area (Å²) in [5.74, 6) is -0.00682. The summed E-state index contributed by atoms with van der Waals surface area (Å²) in [6.45, 7) is 7.98. The summed E-state index contributed by atoms with van der Waals surface area (Å²) in [5, 5.41) is 20.6. The Hall–Kier alpha value is -0.870. The molecule has 2 aliphatic carbocycles. The molecule has 1 heterocycles. The Labute approximate surface area is 113 Å². The average molecular weight is 266 g/mol. The second-order valence-corrected chi connectivity index (χ2v) is 6.84. The van der Waals surface area contributed by atoms with Crippen molar-refractivity contribution in [3.8, 4) is 0 Å². The van der Waals surface area contributed by atoms with Gasteiger partial charge in [0.2, 0.25) is 0 Å². The van der Waals surface area contributed by atoms with Crippen LogP contribution < -0.4 is 0 Å². The van der Waals surface area contributed by atoms with E-state index in [1.807, 2.05) is 6.92 Å². The maximum atomic E-state index is 11.7. The van der Waals surface area contributed by atoms with Gasteiger partial charge in [0.1, 0.15) is 6.10 Å². The first-order valence-corrected chi connectivity index (χ1v) is 7.10. The molecule has 7 atom stereocenters. The monoisotopic (exact) mass is 266 g/mol. The summed E-state index contributed by atoms with van der Waals surface area (Å²) in [4.78, 5) is 11.7. The van der Waals surface area contributed by atoms with Crippen LogP contribution in [0.4, 0.5) is 0 Å². The van der Waals surface area contributed by atoms with Crippen LogP contribution in [0.1, 0.15) is 33.1 Å². The van der Waals surface area contributed by atoms with Gasteiger partial charge in [-0.15, -0.1) is 0 Å². The second kappa shape index (κ2) is 4.06. The minimum absolute atomic E-state index is 0.00935. The van der Waals surface area contributed by atoms with Gasteiger partial charge in [-0.1, -0.05) is 20.4 Å². The third kappa shape index (κ3) is 1.69. The van der Waals surface area contributed by atoms with E-state index in [0.29, 0.717) is 18.4 Å². The molecule has 19 heavy (non-hydrogen) atoms. The van der Waals surface area contributed by atoms with Crippen molar-refractivity contribution in [1.82, 2.24) is 0 Å². The number of fused-ring (bicyclic) bond motifs is 2. The molecule has 0 aromatic carbocycles. The summed E-state index contributed by atoms with van der Waals surface area (Å²) in [6, 6.07) is 0. The highest BCUT2D eigenvalue weighted by Crippen LogP contribution is 2.56. The second-order valence-electron chi connectivity index (χ2n) is 6.84. The van der Waals surface area contributed by atoms with Crippen LogP contribution >= 0.6 is 0 Å². The molecule has 4 nitrogen and oxygen atoms in total. The molecular weight excluding hydrogens is 244 g/mol. The van der Waals surface area contributed by atoms with Gasteiger partial charge in [-0.25, -0.2) is 4.79 Å². The molecule has 2 N–H and O–H groups in total. The molecule has 0 amide bonds. The maximum Gasteiger partial charge on any atom is 0.334 e. The largest absolute Gasteiger partial charge is 0.458 e. The molecule has 0 aromatic heterocycles. The number of carbonyl (C=O) groups is 1. The van der Waals surface area contributed by atoms with Gasteiger partial charge in [0, 0.05) is 17.9 Å². The van der Waals surface area contributed by atoms with E-state index in [9.17, 15) is 15.0 Å². The van der Waals surface area contributed by atoms with Crippen LogP contribution in [0.2, 0.25) is 0 Å². The van der Waals surface area contributed by atoms with Crippen LogP contribution in [0.5, 0.6) is 0 Å². The number of esters is 1. The lowest BCUT2D eigenvalue weighted by Crippen LogP contribution is -2.37. The number of hydrogen-bond donors (Lipinski definition) is 2. The van der Waals surface area contributed by atoms with Gasteiger partial charge in [0.05, 0.1) is 12.2 Å². The van der Waals surface area contributed by atoms with Crippen molar-refractivity contribution in [2.75, 3.05) is 0 Å². The average Bonchev–Trinajstić information content (AvgIpc) is 2.63. The molecule has 0 bridgehead atoms. The molecule has 0 aromatic rings. The third-order valence-electron chi connectivity index (χ3n) is 5.70. The highest BCUT2D eigenvalue weighted by Gasteiger charge is 2.58. The van der Waals surface area contributed by atoms with Crippen molar-refractivity contribution in [3.63, 3.8) is 0 Å². The number of rotatable bonds is 0. The lowest BCUT2D eigenvalue weighted by atomic mass is 9.69. The Kier molecular flexibility index (Phi) is 2.81. The minimum Gasteiger partial charge on any atom is -0.458 e. The van der Waals surface area contributed by atoms with Crippen LogP contribution in [-0.2, 0) is 9.53 Å². The molecule has 0 spiro atoms.